The van der Waals surface area contributed by atoms with Gasteiger partial charge < -0.3 is 20.1 Å². The van der Waals surface area contributed by atoms with Crippen LogP contribution in [0.15, 0.2) is 12.1 Å². The van der Waals surface area contributed by atoms with Crippen molar-refractivity contribution in [3.05, 3.63) is 17.9 Å². The summed E-state index contributed by atoms with van der Waals surface area (Å²) in [6.07, 6.45) is 2.30. The number of hydrogen-bond acceptors (Lipinski definition) is 4. The lowest BCUT2D eigenvalue weighted by molar-refractivity contribution is -0.116. The minimum absolute atomic E-state index is 0. The first kappa shape index (κ1) is 18.5. The second-order valence-corrected chi connectivity index (χ2v) is 5.13. The van der Waals surface area contributed by atoms with E-state index in [0.29, 0.717) is 23.8 Å². The molecule has 0 aromatic heterocycles. The molecule has 0 bridgehead atoms. The second-order valence-electron chi connectivity index (χ2n) is 5.13. The van der Waals surface area contributed by atoms with Crippen molar-refractivity contribution in [2.45, 2.75) is 19.3 Å². The smallest absolute Gasteiger partial charge is 0.224 e. The van der Waals surface area contributed by atoms with Gasteiger partial charge in [-0.2, -0.15) is 0 Å². The topological polar surface area (TPSA) is 59.6 Å². The largest absolute Gasteiger partial charge is 0.493 e. The van der Waals surface area contributed by atoms with E-state index in [-0.39, 0.29) is 24.0 Å². The van der Waals surface area contributed by atoms with Crippen LogP contribution < -0.4 is 20.1 Å². The third-order valence-corrected chi connectivity index (χ3v) is 3.69. The van der Waals surface area contributed by atoms with Crippen LogP contribution in [0.5, 0.6) is 11.5 Å². The van der Waals surface area contributed by atoms with Gasteiger partial charge in [-0.25, -0.2) is 4.39 Å². The number of methoxy groups -OCH3 is 2. The Hall–Kier alpha value is -1.53. The van der Waals surface area contributed by atoms with Crippen molar-refractivity contribution in [2.75, 3.05) is 32.6 Å². The molecule has 22 heavy (non-hydrogen) atoms. The molecule has 1 saturated heterocycles. The lowest BCUT2D eigenvalue weighted by Crippen LogP contribution is -2.15. The highest BCUT2D eigenvalue weighted by molar-refractivity contribution is 5.91. The van der Waals surface area contributed by atoms with Crippen LogP contribution in [-0.2, 0) is 4.79 Å². The molecule has 124 valence electrons. The maximum atomic E-state index is 13.9. The molecule has 0 radical (unpaired) electrons. The normalized spacial score (nSPS) is 16.8. The van der Waals surface area contributed by atoms with E-state index in [1.807, 2.05) is 0 Å². The molecule has 1 aliphatic rings. The number of nitrogens with one attached hydrogen (secondary N) is 2. The zero-order chi connectivity index (χ0) is 15.2. The number of carbonyl (C=O) groups is 1. The standard InChI is InChI=1S/C15H21FN2O3.ClH/c1-20-13-7-11(16)12(8-14(13)21-2)18-15(19)4-3-10-5-6-17-9-10;/h7-8,10,17H,3-6,9H2,1-2H3,(H,18,19);1H. The molecule has 0 aliphatic carbocycles. The number of benzene rings is 1. The van der Waals surface area contributed by atoms with Crippen molar-refractivity contribution in [1.29, 1.82) is 0 Å². The molecule has 0 saturated carbocycles. The number of ether oxygens (including phenoxy) is 2. The fourth-order valence-electron chi connectivity index (χ4n) is 2.46. The number of anilines is 1. The molecular weight excluding hydrogens is 311 g/mol. The number of carbonyl (C=O) groups excluding carboxylic acids is 1. The molecule has 2 rings (SSSR count). The van der Waals surface area contributed by atoms with Crippen molar-refractivity contribution in [3.63, 3.8) is 0 Å². The van der Waals surface area contributed by atoms with Crippen LogP contribution in [0.2, 0.25) is 0 Å². The Morgan fingerprint density at radius 1 is 1.36 bits per heavy atom. The molecule has 1 fully saturated rings. The molecule has 2 N–H and O–H groups in total. The van der Waals surface area contributed by atoms with Gasteiger partial charge in [0.05, 0.1) is 19.9 Å². The molecule has 0 spiro atoms. The summed E-state index contributed by atoms with van der Waals surface area (Å²) in [7, 11) is 2.90. The summed E-state index contributed by atoms with van der Waals surface area (Å²) in [4.78, 5) is 11.9. The Morgan fingerprint density at radius 2 is 2.05 bits per heavy atom. The highest BCUT2D eigenvalue weighted by atomic mass is 35.5. The molecular formula is C15H22ClFN2O3. The van der Waals surface area contributed by atoms with Gasteiger partial charge in [0.1, 0.15) is 0 Å². The zero-order valence-corrected chi connectivity index (χ0v) is 13.6. The summed E-state index contributed by atoms with van der Waals surface area (Å²) in [5.74, 6) is 0.488. The summed E-state index contributed by atoms with van der Waals surface area (Å²) >= 11 is 0. The summed E-state index contributed by atoms with van der Waals surface area (Å²) in [5.41, 5.74) is 0.113. The van der Waals surface area contributed by atoms with Crippen molar-refractivity contribution < 1.29 is 18.7 Å². The minimum Gasteiger partial charge on any atom is -0.493 e. The molecule has 5 nitrogen and oxygen atoms in total. The lowest BCUT2D eigenvalue weighted by atomic mass is 10.0. The fourth-order valence-corrected chi connectivity index (χ4v) is 2.46. The van der Waals surface area contributed by atoms with Crippen molar-refractivity contribution in [2.24, 2.45) is 5.92 Å². The molecule has 1 amide bonds. The number of hydrogen-bond donors (Lipinski definition) is 2. The van der Waals surface area contributed by atoms with Crippen LogP contribution in [0.4, 0.5) is 10.1 Å². The van der Waals surface area contributed by atoms with E-state index in [1.54, 1.807) is 0 Å². The third kappa shape index (κ3) is 4.74. The van der Waals surface area contributed by atoms with E-state index in [4.69, 9.17) is 9.47 Å². The lowest BCUT2D eigenvalue weighted by Gasteiger charge is -2.12. The Labute approximate surface area is 136 Å². The second kappa shape index (κ2) is 8.80. The maximum Gasteiger partial charge on any atom is 0.224 e. The minimum atomic E-state index is -0.538. The van der Waals surface area contributed by atoms with Crippen LogP contribution in [0, 0.1) is 11.7 Å². The first-order valence-electron chi connectivity index (χ1n) is 7.06. The maximum absolute atomic E-state index is 13.9. The Kier molecular flexibility index (Phi) is 7.41. The van der Waals surface area contributed by atoms with Gasteiger partial charge in [0, 0.05) is 18.6 Å². The van der Waals surface area contributed by atoms with Gasteiger partial charge in [0.15, 0.2) is 17.3 Å². The summed E-state index contributed by atoms with van der Waals surface area (Å²) in [5, 5.41) is 5.85. The zero-order valence-electron chi connectivity index (χ0n) is 12.8. The van der Waals surface area contributed by atoms with Crippen molar-refractivity contribution >= 4 is 24.0 Å². The summed E-state index contributed by atoms with van der Waals surface area (Å²) in [6, 6.07) is 2.64. The number of amides is 1. The van der Waals surface area contributed by atoms with Crippen molar-refractivity contribution in [1.82, 2.24) is 5.32 Å². The Morgan fingerprint density at radius 3 is 2.64 bits per heavy atom. The van der Waals surface area contributed by atoms with E-state index in [1.165, 1.54) is 26.4 Å². The molecule has 1 aliphatic heterocycles. The van der Waals surface area contributed by atoms with Crippen LogP contribution in [0.1, 0.15) is 19.3 Å². The monoisotopic (exact) mass is 332 g/mol. The van der Waals surface area contributed by atoms with Crippen LogP contribution in [0.3, 0.4) is 0 Å². The Bertz CT molecular complexity index is 508. The highest BCUT2D eigenvalue weighted by Gasteiger charge is 2.17. The quantitative estimate of drug-likeness (QED) is 0.840. The number of rotatable bonds is 6. The first-order valence-corrected chi connectivity index (χ1v) is 7.06. The molecule has 1 unspecified atom stereocenters. The van der Waals surface area contributed by atoms with Gasteiger partial charge in [-0.15, -0.1) is 12.4 Å². The SMILES string of the molecule is COc1cc(F)c(NC(=O)CCC2CCNC2)cc1OC.Cl. The van der Waals surface area contributed by atoms with Gasteiger partial charge in [-0.1, -0.05) is 0 Å². The van der Waals surface area contributed by atoms with Crippen LogP contribution in [-0.4, -0.2) is 33.2 Å². The van der Waals surface area contributed by atoms with Gasteiger partial charge in [0.2, 0.25) is 5.91 Å². The number of halogens is 2. The molecule has 1 aromatic rings. The van der Waals surface area contributed by atoms with E-state index in [2.05, 4.69) is 10.6 Å². The summed E-state index contributed by atoms with van der Waals surface area (Å²) < 4.78 is 24.0. The van der Waals surface area contributed by atoms with Crippen molar-refractivity contribution in [3.8, 4) is 11.5 Å². The average molecular weight is 333 g/mol. The molecule has 7 heteroatoms. The summed E-state index contributed by atoms with van der Waals surface area (Å²) in [6.45, 7) is 1.97. The van der Waals surface area contributed by atoms with Gasteiger partial charge in [-0.05, 0) is 31.8 Å². The average Bonchev–Trinajstić information content (AvgIpc) is 3.00. The van der Waals surface area contributed by atoms with Crippen LogP contribution >= 0.6 is 12.4 Å². The van der Waals surface area contributed by atoms with E-state index in [0.717, 1.165) is 25.9 Å². The fraction of sp³-hybridized carbons (Fsp3) is 0.533. The molecule has 1 aromatic carbocycles. The van der Waals surface area contributed by atoms with Gasteiger partial charge in [0.25, 0.3) is 0 Å². The third-order valence-electron chi connectivity index (χ3n) is 3.69. The van der Waals surface area contributed by atoms with E-state index in [9.17, 15) is 9.18 Å². The van der Waals surface area contributed by atoms with E-state index >= 15 is 0 Å². The first-order chi connectivity index (χ1) is 10.1. The predicted molar refractivity (Wildman–Crippen MR) is 85.6 cm³/mol. The van der Waals surface area contributed by atoms with E-state index < -0.39 is 5.82 Å². The molecule has 1 heterocycles. The Balaban J connectivity index is 0.00000242. The predicted octanol–water partition coefficient (Wildman–Crippen LogP) is 2.59. The van der Waals surface area contributed by atoms with Gasteiger partial charge >= 0.3 is 0 Å². The van der Waals surface area contributed by atoms with Gasteiger partial charge in [-0.3, -0.25) is 4.79 Å². The highest BCUT2D eigenvalue weighted by Crippen LogP contribution is 2.32. The van der Waals surface area contributed by atoms with Crippen LogP contribution in [0.25, 0.3) is 0 Å². The molecule has 1 atom stereocenters.